The van der Waals surface area contributed by atoms with Crippen molar-refractivity contribution in [1.82, 2.24) is 19.6 Å². The Hall–Kier alpha value is -2.22. The Kier molecular flexibility index (Phi) is 4.47. The van der Waals surface area contributed by atoms with Crippen LogP contribution in [0.5, 0.6) is 0 Å². The van der Waals surface area contributed by atoms with Crippen molar-refractivity contribution in [1.29, 1.82) is 0 Å². The van der Waals surface area contributed by atoms with Gasteiger partial charge in [-0.05, 0) is 18.9 Å². The molecule has 0 aromatic carbocycles. The van der Waals surface area contributed by atoms with Crippen LogP contribution in [0.4, 0.5) is 10.1 Å². The number of rotatable bonds is 5. The van der Waals surface area contributed by atoms with Gasteiger partial charge < -0.3 is 10.1 Å². The lowest BCUT2D eigenvalue weighted by molar-refractivity contribution is 0.0647. The summed E-state index contributed by atoms with van der Waals surface area (Å²) in [6, 6.07) is 1.87. The van der Waals surface area contributed by atoms with Gasteiger partial charge in [0, 0.05) is 25.6 Å². The van der Waals surface area contributed by atoms with Gasteiger partial charge in [0.05, 0.1) is 24.5 Å². The predicted octanol–water partition coefficient (Wildman–Crippen LogP) is 1.65. The lowest BCUT2D eigenvalue weighted by Gasteiger charge is -2.23. The Bertz CT molecular complexity index is 633. The number of alkyl halides is 1. The summed E-state index contributed by atoms with van der Waals surface area (Å²) < 4.78 is 20.8. The van der Waals surface area contributed by atoms with Gasteiger partial charge in [-0.3, -0.25) is 14.2 Å². The summed E-state index contributed by atoms with van der Waals surface area (Å²) in [4.78, 5) is 12.4. The molecule has 22 heavy (non-hydrogen) atoms. The molecular formula is C14H18FN5O2. The van der Waals surface area contributed by atoms with Crippen molar-refractivity contribution >= 4 is 11.6 Å². The molecule has 1 fully saturated rings. The monoisotopic (exact) mass is 307 g/mol. The van der Waals surface area contributed by atoms with Crippen LogP contribution in [0.3, 0.4) is 0 Å². The van der Waals surface area contributed by atoms with Crippen LogP contribution in [0.25, 0.3) is 0 Å². The molecule has 1 aliphatic rings. The van der Waals surface area contributed by atoms with Crippen LogP contribution in [0.1, 0.15) is 29.4 Å². The molecule has 1 aliphatic heterocycles. The molecule has 3 heterocycles. The minimum absolute atomic E-state index is 0.176. The van der Waals surface area contributed by atoms with Crippen molar-refractivity contribution < 1.29 is 13.9 Å². The van der Waals surface area contributed by atoms with E-state index in [1.165, 1.54) is 10.9 Å². The topological polar surface area (TPSA) is 74.0 Å². The lowest BCUT2D eigenvalue weighted by Crippen LogP contribution is -2.25. The summed E-state index contributed by atoms with van der Waals surface area (Å²) in [6.45, 7) is 1.05. The third-order valence-electron chi connectivity index (χ3n) is 3.64. The highest BCUT2D eigenvalue weighted by Crippen LogP contribution is 2.22. The molecule has 0 bridgehead atoms. The van der Waals surface area contributed by atoms with Crippen LogP contribution in [0, 0.1) is 0 Å². The second-order valence-corrected chi connectivity index (χ2v) is 5.14. The first-order valence-electron chi connectivity index (χ1n) is 7.29. The summed E-state index contributed by atoms with van der Waals surface area (Å²) in [6.07, 6.45) is 6.42. The maximum absolute atomic E-state index is 12.4. The number of aromatic nitrogens is 4. The fourth-order valence-corrected chi connectivity index (χ4v) is 2.55. The molecule has 118 valence electrons. The standard InChI is InChI=1S/C14H18FN5O2/c15-4-6-19-10-11(9-17-19)18-14(21)13-1-5-16-20(13)12-2-7-22-8-3-12/h1,5,9-10,12H,2-4,6-8H2,(H,18,21). The van der Waals surface area contributed by atoms with Gasteiger partial charge in [-0.2, -0.15) is 10.2 Å². The molecule has 1 N–H and O–H groups in total. The van der Waals surface area contributed by atoms with Gasteiger partial charge in [0.1, 0.15) is 12.4 Å². The van der Waals surface area contributed by atoms with Crippen LogP contribution in [0.15, 0.2) is 24.7 Å². The summed E-state index contributed by atoms with van der Waals surface area (Å²) in [5.74, 6) is -0.246. The fourth-order valence-electron chi connectivity index (χ4n) is 2.55. The average molecular weight is 307 g/mol. The molecule has 1 amide bonds. The summed E-state index contributed by atoms with van der Waals surface area (Å²) in [5.41, 5.74) is 1.04. The third kappa shape index (κ3) is 3.16. The van der Waals surface area contributed by atoms with E-state index >= 15 is 0 Å². The number of anilines is 1. The third-order valence-corrected chi connectivity index (χ3v) is 3.64. The van der Waals surface area contributed by atoms with Crippen LogP contribution < -0.4 is 5.32 Å². The zero-order chi connectivity index (χ0) is 15.4. The molecule has 2 aromatic rings. The fraction of sp³-hybridized carbons (Fsp3) is 0.500. The predicted molar refractivity (Wildman–Crippen MR) is 77.5 cm³/mol. The highest BCUT2D eigenvalue weighted by molar-refractivity contribution is 6.02. The zero-order valence-corrected chi connectivity index (χ0v) is 12.1. The molecular weight excluding hydrogens is 289 g/mol. The Labute approximate surface area is 127 Å². The number of amides is 1. The average Bonchev–Trinajstić information content (AvgIpc) is 3.18. The SMILES string of the molecule is O=C(Nc1cnn(CCF)c1)c1ccnn1C1CCOCC1. The maximum Gasteiger partial charge on any atom is 0.274 e. The minimum atomic E-state index is -0.494. The number of halogens is 1. The zero-order valence-electron chi connectivity index (χ0n) is 12.1. The number of nitrogens with one attached hydrogen (secondary N) is 1. The van der Waals surface area contributed by atoms with Gasteiger partial charge in [-0.25, -0.2) is 4.39 Å². The van der Waals surface area contributed by atoms with Gasteiger partial charge in [0.25, 0.3) is 5.91 Å². The van der Waals surface area contributed by atoms with Crippen molar-refractivity contribution in [3.05, 3.63) is 30.4 Å². The Morgan fingerprint density at radius 1 is 1.41 bits per heavy atom. The second-order valence-electron chi connectivity index (χ2n) is 5.14. The van der Waals surface area contributed by atoms with Crippen molar-refractivity contribution in [2.75, 3.05) is 25.2 Å². The number of aryl methyl sites for hydroxylation is 1. The molecule has 1 saturated heterocycles. The number of nitrogens with zero attached hydrogens (tertiary/aromatic N) is 4. The number of hydrogen-bond donors (Lipinski definition) is 1. The van der Waals surface area contributed by atoms with Crippen molar-refractivity contribution in [3.8, 4) is 0 Å². The first-order valence-corrected chi connectivity index (χ1v) is 7.29. The molecule has 0 saturated carbocycles. The molecule has 8 heteroatoms. The largest absolute Gasteiger partial charge is 0.381 e. The first kappa shape index (κ1) is 14.7. The number of hydrogen-bond acceptors (Lipinski definition) is 4. The number of ether oxygens (including phenoxy) is 1. The van der Waals surface area contributed by atoms with E-state index in [1.807, 2.05) is 0 Å². The summed E-state index contributed by atoms with van der Waals surface area (Å²) in [5, 5.41) is 11.0. The molecule has 0 unspecified atom stereocenters. The van der Waals surface area contributed by atoms with E-state index in [2.05, 4.69) is 15.5 Å². The quantitative estimate of drug-likeness (QED) is 0.911. The van der Waals surface area contributed by atoms with Gasteiger partial charge in [-0.15, -0.1) is 0 Å². The van der Waals surface area contributed by atoms with Crippen LogP contribution in [0.2, 0.25) is 0 Å². The van der Waals surface area contributed by atoms with E-state index in [4.69, 9.17) is 4.74 Å². The Morgan fingerprint density at radius 2 is 2.23 bits per heavy atom. The Morgan fingerprint density at radius 3 is 3.00 bits per heavy atom. The van der Waals surface area contributed by atoms with Crippen molar-refractivity contribution in [3.63, 3.8) is 0 Å². The molecule has 0 radical (unpaired) electrons. The molecule has 0 spiro atoms. The Balaban J connectivity index is 1.70. The van der Waals surface area contributed by atoms with E-state index in [-0.39, 0.29) is 18.5 Å². The summed E-state index contributed by atoms with van der Waals surface area (Å²) >= 11 is 0. The van der Waals surface area contributed by atoms with Crippen LogP contribution >= 0.6 is 0 Å². The molecule has 0 aliphatic carbocycles. The van der Waals surface area contributed by atoms with E-state index in [1.54, 1.807) is 23.1 Å². The number of carbonyl (C=O) groups excluding carboxylic acids is 1. The van der Waals surface area contributed by atoms with Gasteiger partial charge in [0.2, 0.25) is 0 Å². The molecule has 3 rings (SSSR count). The number of carbonyl (C=O) groups is 1. The lowest BCUT2D eigenvalue weighted by atomic mass is 10.1. The van der Waals surface area contributed by atoms with Crippen LogP contribution in [-0.2, 0) is 11.3 Å². The van der Waals surface area contributed by atoms with Crippen molar-refractivity contribution in [2.24, 2.45) is 0 Å². The van der Waals surface area contributed by atoms with E-state index in [0.717, 1.165) is 12.8 Å². The van der Waals surface area contributed by atoms with Gasteiger partial charge in [-0.1, -0.05) is 0 Å². The maximum atomic E-state index is 12.4. The highest BCUT2D eigenvalue weighted by Gasteiger charge is 2.22. The minimum Gasteiger partial charge on any atom is -0.381 e. The highest BCUT2D eigenvalue weighted by atomic mass is 19.1. The second kappa shape index (κ2) is 6.69. The van der Waals surface area contributed by atoms with Crippen molar-refractivity contribution in [2.45, 2.75) is 25.4 Å². The molecule has 0 atom stereocenters. The van der Waals surface area contributed by atoms with E-state index < -0.39 is 6.67 Å². The van der Waals surface area contributed by atoms with Gasteiger partial charge in [0.15, 0.2) is 0 Å². The summed E-state index contributed by atoms with van der Waals surface area (Å²) in [7, 11) is 0. The first-order chi connectivity index (χ1) is 10.8. The normalized spacial score (nSPS) is 15.9. The van der Waals surface area contributed by atoms with Gasteiger partial charge >= 0.3 is 0 Å². The molecule has 7 nitrogen and oxygen atoms in total. The van der Waals surface area contributed by atoms with E-state index in [0.29, 0.717) is 24.6 Å². The smallest absolute Gasteiger partial charge is 0.274 e. The van der Waals surface area contributed by atoms with E-state index in [9.17, 15) is 9.18 Å². The molecule has 2 aromatic heterocycles. The van der Waals surface area contributed by atoms with Crippen LogP contribution in [-0.4, -0.2) is 45.4 Å².